The number of nitrogens with two attached hydrogens (primary N) is 1. The number of ether oxygens (including phenoxy) is 1. The summed E-state index contributed by atoms with van der Waals surface area (Å²) in [5, 5.41) is 0. The first-order valence-electron chi connectivity index (χ1n) is 6.54. The van der Waals surface area contributed by atoms with Crippen LogP contribution in [0.25, 0.3) is 0 Å². The fourth-order valence-corrected chi connectivity index (χ4v) is 1.96. The molecule has 5 heteroatoms. The van der Waals surface area contributed by atoms with Crippen LogP contribution in [-0.4, -0.2) is 36.3 Å². The molecule has 1 aromatic rings. The molecule has 0 saturated heterocycles. The third-order valence-electron chi connectivity index (χ3n) is 3.39. The quantitative estimate of drug-likeness (QED) is 0.856. The largest absolute Gasteiger partial charge is 0.497 e. The Morgan fingerprint density at radius 2 is 1.80 bits per heavy atom. The zero-order chi connectivity index (χ0) is 15.3. The summed E-state index contributed by atoms with van der Waals surface area (Å²) in [6, 6.07) is 6.69. The van der Waals surface area contributed by atoms with Crippen molar-refractivity contribution < 1.29 is 14.3 Å². The molecule has 1 aromatic carbocycles. The van der Waals surface area contributed by atoms with Crippen molar-refractivity contribution in [3.05, 3.63) is 29.8 Å². The summed E-state index contributed by atoms with van der Waals surface area (Å²) < 4.78 is 5.11. The van der Waals surface area contributed by atoms with E-state index in [1.165, 1.54) is 13.8 Å². The van der Waals surface area contributed by atoms with Crippen molar-refractivity contribution >= 4 is 11.7 Å². The fourth-order valence-electron chi connectivity index (χ4n) is 1.96. The second-order valence-corrected chi connectivity index (χ2v) is 4.84. The molecule has 0 aliphatic rings. The van der Waals surface area contributed by atoms with Crippen molar-refractivity contribution in [1.82, 2.24) is 4.90 Å². The molecule has 0 fully saturated rings. The highest BCUT2D eigenvalue weighted by Crippen LogP contribution is 2.23. The summed E-state index contributed by atoms with van der Waals surface area (Å²) in [6.45, 7) is 5.04. The van der Waals surface area contributed by atoms with Crippen LogP contribution in [0.5, 0.6) is 5.75 Å². The van der Waals surface area contributed by atoms with Gasteiger partial charge in [-0.3, -0.25) is 9.59 Å². The van der Waals surface area contributed by atoms with Gasteiger partial charge in [-0.1, -0.05) is 12.1 Å². The molecular formula is C15H22N2O3. The molecular weight excluding hydrogens is 256 g/mol. The number of amides is 1. The van der Waals surface area contributed by atoms with Crippen LogP contribution in [0.15, 0.2) is 24.3 Å². The Bertz CT molecular complexity index is 471. The smallest absolute Gasteiger partial charge is 0.220 e. The lowest BCUT2D eigenvalue weighted by Gasteiger charge is -2.30. The molecule has 0 spiro atoms. The first-order chi connectivity index (χ1) is 9.36. The number of carbonyl (C=O) groups is 2. The van der Waals surface area contributed by atoms with Crippen LogP contribution in [0.2, 0.25) is 0 Å². The van der Waals surface area contributed by atoms with Gasteiger partial charge in [0.25, 0.3) is 0 Å². The van der Waals surface area contributed by atoms with E-state index < -0.39 is 6.04 Å². The van der Waals surface area contributed by atoms with Crippen LogP contribution in [0.1, 0.15) is 32.4 Å². The maximum absolute atomic E-state index is 11.8. The average Bonchev–Trinajstić information content (AvgIpc) is 2.43. The van der Waals surface area contributed by atoms with Crippen molar-refractivity contribution in [3.8, 4) is 5.75 Å². The lowest BCUT2D eigenvalue weighted by atomic mass is 10.1. The van der Waals surface area contributed by atoms with Crippen LogP contribution < -0.4 is 10.5 Å². The molecule has 0 aliphatic heterocycles. The third kappa shape index (κ3) is 4.06. The van der Waals surface area contributed by atoms with E-state index >= 15 is 0 Å². The van der Waals surface area contributed by atoms with Gasteiger partial charge in [-0.15, -0.1) is 0 Å². The summed E-state index contributed by atoms with van der Waals surface area (Å²) in [7, 11) is 1.60. The summed E-state index contributed by atoms with van der Waals surface area (Å²) in [5.74, 6) is 0.527. The second kappa shape index (κ2) is 7.05. The van der Waals surface area contributed by atoms with Crippen molar-refractivity contribution in [3.63, 3.8) is 0 Å². The average molecular weight is 278 g/mol. The van der Waals surface area contributed by atoms with Gasteiger partial charge in [0, 0.05) is 13.5 Å². The minimum atomic E-state index is -0.653. The molecule has 0 radical (unpaired) electrons. The Kier molecular flexibility index (Phi) is 5.70. The highest BCUT2D eigenvalue weighted by molar-refractivity contribution is 5.82. The Balaban J connectivity index is 2.89. The number of hydrogen-bond donors (Lipinski definition) is 1. The van der Waals surface area contributed by atoms with E-state index in [0.29, 0.717) is 0 Å². The molecule has 0 bridgehead atoms. The van der Waals surface area contributed by atoms with Gasteiger partial charge in [0.05, 0.1) is 19.2 Å². The highest BCUT2D eigenvalue weighted by atomic mass is 16.5. The zero-order valence-electron chi connectivity index (χ0n) is 12.4. The van der Waals surface area contributed by atoms with E-state index in [1.54, 1.807) is 12.0 Å². The first kappa shape index (κ1) is 16.2. The lowest BCUT2D eigenvalue weighted by Crippen LogP contribution is -2.44. The van der Waals surface area contributed by atoms with Gasteiger partial charge in [-0.25, -0.2) is 0 Å². The molecule has 0 aromatic heterocycles. The van der Waals surface area contributed by atoms with Crippen LogP contribution in [0, 0.1) is 0 Å². The standard InChI is InChI=1S/C15H22N2O3/c1-10(13-5-7-14(20-4)8-6-13)17(12(3)19)9-15(16)11(2)18/h5-8,10,15H,9,16H2,1-4H3. The summed E-state index contributed by atoms with van der Waals surface area (Å²) >= 11 is 0. The molecule has 1 rings (SSSR count). The molecule has 0 heterocycles. The van der Waals surface area contributed by atoms with Gasteiger partial charge >= 0.3 is 0 Å². The summed E-state index contributed by atoms with van der Waals surface area (Å²) in [6.07, 6.45) is 0. The second-order valence-electron chi connectivity index (χ2n) is 4.84. The van der Waals surface area contributed by atoms with E-state index in [-0.39, 0.29) is 24.3 Å². The lowest BCUT2D eigenvalue weighted by molar-refractivity contribution is -0.132. The van der Waals surface area contributed by atoms with E-state index in [1.807, 2.05) is 31.2 Å². The maximum Gasteiger partial charge on any atom is 0.220 e. The van der Waals surface area contributed by atoms with Gasteiger partial charge in [-0.05, 0) is 31.5 Å². The Morgan fingerprint density at radius 1 is 1.25 bits per heavy atom. The molecule has 0 aliphatic carbocycles. The molecule has 110 valence electrons. The molecule has 20 heavy (non-hydrogen) atoms. The Morgan fingerprint density at radius 3 is 2.20 bits per heavy atom. The highest BCUT2D eigenvalue weighted by Gasteiger charge is 2.22. The van der Waals surface area contributed by atoms with Gasteiger partial charge in [0.1, 0.15) is 11.5 Å². The molecule has 2 unspecified atom stereocenters. The topological polar surface area (TPSA) is 72.6 Å². The monoisotopic (exact) mass is 278 g/mol. The van der Waals surface area contributed by atoms with Gasteiger partial charge < -0.3 is 15.4 Å². The van der Waals surface area contributed by atoms with Gasteiger partial charge in [0.2, 0.25) is 5.91 Å². The summed E-state index contributed by atoms with van der Waals surface area (Å²) in [5.41, 5.74) is 6.72. The van der Waals surface area contributed by atoms with Crippen LogP contribution in [0.3, 0.4) is 0 Å². The number of hydrogen-bond acceptors (Lipinski definition) is 4. The minimum Gasteiger partial charge on any atom is -0.497 e. The molecule has 2 N–H and O–H groups in total. The minimum absolute atomic E-state index is 0.106. The molecule has 1 amide bonds. The van der Waals surface area contributed by atoms with Gasteiger partial charge in [-0.2, -0.15) is 0 Å². The molecule has 2 atom stereocenters. The van der Waals surface area contributed by atoms with E-state index in [2.05, 4.69) is 0 Å². The van der Waals surface area contributed by atoms with E-state index in [4.69, 9.17) is 10.5 Å². The number of nitrogens with zero attached hydrogens (tertiary/aromatic N) is 1. The third-order valence-corrected chi connectivity index (χ3v) is 3.39. The van der Waals surface area contributed by atoms with Crippen molar-refractivity contribution in [1.29, 1.82) is 0 Å². The van der Waals surface area contributed by atoms with E-state index in [0.717, 1.165) is 11.3 Å². The number of rotatable bonds is 6. The number of benzene rings is 1. The Labute approximate surface area is 119 Å². The SMILES string of the molecule is COc1ccc(C(C)N(CC(N)C(C)=O)C(C)=O)cc1. The van der Waals surface area contributed by atoms with Crippen LogP contribution in [-0.2, 0) is 9.59 Å². The van der Waals surface area contributed by atoms with Crippen molar-refractivity contribution in [2.75, 3.05) is 13.7 Å². The normalized spacial score (nSPS) is 13.4. The molecule has 5 nitrogen and oxygen atoms in total. The van der Waals surface area contributed by atoms with Crippen LogP contribution in [0.4, 0.5) is 0 Å². The maximum atomic E-state index is 11.8. The number of methoxy groups -OCH3 is 1. The first-order valence-corrected chi connectivity index (χ1v) is 6.54. The van der Waals surface area contributed by atoms with Gasteiger partial charge in [0.15, 0.2) is 0 Å². The van der Waals surface area contributed by atoms with Crippen molar-refractivity contribution in [2.45, 2.75) is 32.9 Å². The predicted molar refractivity (Wildman–Crippen MR) is 77.5 cm³/mol. The fraction of sp³-hybridized carbons (Fsp3) is 0.467. The van der Waals surface area contributed by atoms with E-state index in [9.17, 15) is 9.59 Å². The summed E-state index contributed by atoms with van der Waals surface area (Å²) in [4.78, 5) is 24.6. The molecule has 0 saturated carbocycles. The number of ketones is 1. The van der Waals surface area contributed by atoms with Crippen molar-refractivity contribution in [2.24, 2.45) is 5.73 Å². The number of Topliss-reactive ketones (excluding diaryl/α,β-unsaturated/α-hetero) is 1. The van der Waals surface area contributed by atoms with Crippen LogP contribution >= 0.6 is 0 Å². The zero-order valence-corrected chi connectivity index (χ0v) is 12.4. The Hall–Kier alpha value is -1.88. The predicted octanol–water partition coefficient (Wildman–Crippen LogP) is 1.52. The number of carbonyl (C=O) groups excluding carboxylic acids is 2.